The molecule has 130 valence electrons. The van der Waals surface area contributed by atoms with Crippen molar-refractivity contribution < 1.29 is 4.40 Å². The molecule has 0 saturated carbocycles. The molecule has 0 atom stereocenters. The second-order valence-electron chi connectivity index (χ2n) is 7.14. The van der Waals surface area contributed by atoms with Crippen molar-refractivity contribution in [1.82, 2.24) is 14.5 Å². The van der Waals surface area contributed by atoms with E-state index in [1.165, 1.54) is 5.56 Å². The van der Waals surface area contributed by atoms with Gasteiger partial charge in [-0.25, -0.2) is 9.55 Å². The molecule has 0 spiro atoms. The van der Waals surface area contributed by atoms with Crippen LogP contribution in [0.25, 0.3) is 22.5 Å². The Balaban J connectivity index is 2.17. The Morgan fingerprint density at radius 1 is 1.31 bits per heavy atom. The fourth-order valence-electron chi connectivity index (χ4n) is 3.63. The van der Waals surface area contributed by atoms with Gasteiger partial charge in [0.1, 0.15) is 22.7 Å². The fraction of sp³-hybridized carbons (Fsp3) is 0.286. The minimum Gasteiger partial charge on any atom is -0.269 e. The number of nitriles is 1. The number of aromatic nitrogens is 4. The van der Waals surface area contributed by atoms with E-state index in [0.29, 0.717) is 11.5 Å². The van der Waals surface area contributed by atoms with Gasteiger partial charge in [-0.2, -0.15) is 9.66 Å². The van der Waals surface area contributed by atoms with Gasteiger partial charge in [-0.3, -0.25) is 4.98 Å². The van der Waals surface area contributed by atoms with E-state index in [1.807, 2.05) is 30.7 Å². The Kier molecular flexibility index (Phi) is 3.96. The first-order valence-corrected chi connectivity index (χ1v) is 8.98. The Labute approximate surface area is 152 Å². The van der Waals surface area contributed by atoms with Gasteiger partial charge in [0.05, 0.1) is 12.4 Å². The summed E-state index contributed by atoms with van der Waals surface area (Å²) in [5.41, 5.74) is 5.88. The molecule has 1 N–H and O–H groups in total. The van der Waals surface area contributed by atoms with Gasteiger partial charge in [0, 0.05) is 5.56 Å². The number of nitrogens with one attached hydrogen (secondary N) is 1. The second-order valence-corrected chi connectivity index (χ2v) is 7.14. The molecule has 4 rings (SSSR count). The minimum absolute atomic E-state index is 0.597. The van der Waals surface area contributed by atoms with Gasteiger partial charge < -0.3 is 0 Å². The summed E-state index contributed by atoms with van der Waals surface area (Å²) in [4.78, 5) is 7.69. The number of nitrogens with zero attached hydrogens (tertiary/aromatic N) is 4. The van der Waals surface area contributed by atoms with Crippen molar-refractivity contribution in [3.05, 3.63) is 59.7 Å². The lowest BCUT2D eigenvalue weighted by Crippen LogP contribution is -2.31. The van der Waals surface area contributed by atoms with Gasteiger partial charge in [0.2, 0.25) is 11.5 Å². The molecule has 0 amide bonds. The number of hydrogen-bond acceptors (Lipinski definition) is 2. The summed E-state index contributed by atoms with van der Waals surface area (Å²) in [6, 6.07) is 10.6. The minimum atomic E-state index is 0.597. The van der Waals surface area contributed by atoms with Gasteiger partial charge >= 0.3 is 0 Å². The quantitative estimate of drug-likeness (QED) is 0.571. The van der Waals surface area contributed by atoms with E-state index in [2.05, 4.69) is 51.8 Å². The molecule has 0 saturated heterocycles. The van der Waals surface area contributed by atoms with Crippen LogP contribution in [0.15, 0.2) is 43.0 Å². The summed E-state index contributed by atoms with van der Waals surface area (Å²) in [7, 11) is 0. The number of benzene rings is 1. The smallest absolute Gasteiger partial charge is 0.250 e. The summed E-state index contributed by atoms with van der Waals surface area (Å²) in [6.45, 7) is 6.52. The molecule has 0 aliphatic carbocycles. The van der Waals surface area contributed by atoms with Gasteiger partial charge in [0.25, 0.3) is 0 Å². The molecule has 0 radical (unpaired) electrons. The van der Waals surface area contributed by atoms with Crippen molar-refractivity contribution in [2.75, 3.05) is 0 Å². The zero-order valence-electron chi connectivity index (χ0n) is 15.3. The van der Waals surface area contributed by atoms with Gasteiger partial charge in [0.15, 0.2) is 6.33 Å². The van der Waals surface area contributed by atoms with Gasteiger partial charge in [-0.1, -0.05) is 26.0 Å². The maximum Gasteiger partial charge on any atom is 0.250 e. The van der Waals surface area contributed by atoms with Gasteiger partial charge in [-0.15, -0.1) is 0 Å². The fourth-order valence-corrected chi connectivity index (χ4v) is 3.63. The van der Waals surface area contributed by atoms with Crippen molar-refractivity contribution in [3.8, 4) is 11.9 Å². The number of para-hydroxylation sites is 2. The van der Waals surface area contributed by atoms with Crippen LogP contribution >= 0.6 is 0 Å². The predicted octanol–water partition coefficient (Wildman–Crippen LogP) is 3.86. The van der Waals surface area contributed by atoms with Crippen molar-refractivity contribution in [2.45, 2.75) is 33.6 Å². The van der Waals surface area contributed by atoms with Crippen LogP contribution in [0, 0.1) is 24.2 Å². The van der Waals surface area contributed by atoms with Crippen molar-refractivity contribution in [3.63, 3.8) is 0 Å². The van der Waals surface area contributed by atoms with Crippen LogP contribution in [-0.4, -0.2) is 14.5 Å². The highest BCUT2D eigenvalue weighted by Gasteiger charge is 2.26. The zero-order valence-corrected chi connectivity index (χ0v) is 15.3. The monoisotopic (exact) mass is 344 g/mol. The zero-order chi connectivity index (χ0) is 18.3. The summed E-state index contributed by atoms with van der Waals surface area (Å²) >= 11 is 0. The highest BCUT2D eigenvalue weighted by atomic mass is 15.2. The Hall–Kier alpha value is -3.13. The van der Waals surface area contributed by atoms with Crippen molar-refractivity contribution >= 4 is 16.7 Å². The molecule has 0 aliphatic heterocycles. The van der Waals surface area contributed by atoms with E-state index >= 15 is 0 Å². The normalized spacial score (nSPS) is 11.5. The molecule has 0 bridgehead atoms. The molecule has 0 unspecified atom stereocenters. The summed E-state index contributed by atoms with van der Waals surface area (Å²) in [5, 5.41) is 9.86. The third-order valence-corrected chi connectivity index (χ3v) is 5.00. The maximum atomic E-state index is 9.86. The van der Waals surface area contributed by atoms with Crippen molar-refractivity contribution in [2.24, 2.45) is 5.92 Å². The molecule has 5 nitrogen and oxygen atoms in total. The average molecular weight is 344 g/mol. The first-order valence-electron chi connectivity index (χ1n) is 8.98. The molecule has 3 aromatic heterocycles. The molecular weight excluding hydrogens is 322 g/mol. The van der Waals surface area contributed by atoms with Crippen LogP contribution in [-0.2, 0) is 6.42 Å². The average Bonchev–Trinajstić information content (AvgIpc) is 3.27. The first kappa shape index (κ1) is 16.3. The molecule has 5 heteroatoms. The molecule has 3 heterocycles. The van der Waals surface area contributed by atoms with Crippen LogP contribution in [0.4, 0.5) is 0 Å². The van der Waals surface area contributed by atoms with Crippen LogP contribution in [0.5, 0.6) is 0 Å². The summed E-state index contributed by atoms with van der Waals surface area (Å²) in [6.07, 6.45) is 7.58. The van der Waals surface area contributed by atoms with E-state index < -0.39 is 0 Å². The molecular formula is C21H22N5+. The molecule has 1 aromatic carbocycles. The van der Waals surface area contributed by atoms with E-state index in [9.17, 15) is 5.26 Å². The number of pyridine rings is 1. The number of imidazole rings is 2. The highest BCUT2D eigenvalue weighted by molar-refractivity contribution is 5.77. The SMILES string of the molecule is Cc1c(CCC(C)C)c(-n2ccnc2)[n+]2c([nH]c3ccccc32)c1C#N. The largest absolute Gasteiger partial charge is 0.269 e. The topological polar surface area (TPSA) is 61.5 Å². The van der Waals surface area contributed by atoms with E-state index in [1.54, 1.807) is 6.20 Å². The molecule has 26 heavy (non-hydrogen) atoms. The standard InChI is InChI=1S/C21H21N5/c1-14(2)8-9-16-15(3)17(12-22)20-24-18-6-4-5-7-19(18)26(20)21(16)25-11-10-23-13-25/h4-7,10-11,13-14H,8-9H2,1-3H3/p+1. The Morgan fingerprint density at radius 2 is 2.12 bits per heavy atom. The number of aromatic amines is 1. The van der Waals surface area contributed by atoms with E-state index in [4.69, 9.17) is 0 Å². The predicted molar refractivity (Wildman–Crippen MR) is 101 cm³/mol. The Morgan fingerprint density at radius 3 is 2.81 bits per heavy atom. The summed E-state index contributed by atoms with van der Waals surface area (Å²) in [5.74, 6) is 1.66. The van der Waals surface area contributed by atoms with Crippen LogP contribution in [0.2, 0.25) is 0 Å². The third kappa shape index (κ3) is 2.46. The number of H-pyrrole nitrogens is 1. The molecule has 0 aliphatic rings. The summed E-state index contributed by atoms with van der Waals surface area (Å²) < 4.78 is 4.22. The van der Waals surface area contributed by atoms with Crippen LogP contribution in [0.3, 0.4) is 0 Å². The number of rotatable bonds is 4. The lowest BCUT2D eigenvalue weighted by atomic mass is 9.97. The molecule has 0 fully saturated rings. The number of fused-ring (bicyclic) bond motifs is 3. The van der Waals surface area contributed by atoms with Crippen LogP contribution in [0.1, 0.15) is 37.0 Å². The van der Waals surface area contributed by atoms with E-state index in [-0.39, 0.29) is 0 Å². The first-order chi connectivity index (χ1) is 12.6. The maximum absolute atomic E-state index is 9.86. The van der Waals surface area contributed by atoms with Crippen molar-refractivity contribution in [1.29, 1.82) is 5.26 Å². The number of hydrogen-bond donors (Lipinski definition) is 1. The molecule has 4 aromatic rings. The lowest BCUT2D eigenvalue weighted by molar-refractivity contribution is -0.476. The second kappa shape index (κ2) is 6.30. The third-order valence-electron chi connectivity index (χ3n) is 5.00. The van der Waals surface area contributed by atoms with Crippen LogP contribution < -0.4 is 4.40 Å². The van der Waals surface area contributed by atoms with Gasteiger partial charge in [-0.05, 0) is 43.4 Å². The lowest BCUT2D eigenvalue weighted by Gasteiger charge is -2.14. The van der Waals surface area contributed by atoms with E-state index in [0.717, 1.165) is 40.9 Å². The highest BCUT2D eigenvalue weighted by Crippen LogP contribution is 2.26. The Bertz CT molecular complexity index is 1130.